The van der Waals surface area contributed by atoms with E-state index >= 15 is 0 Å². The molecule has 0 amide bonds. The van der Waals surface area contributed by atoms with Crippen LogP contribution in [0.25, 0.3) is 0 Å². The van der Waals surface area contributed by atoms with Gasteiger partial charge in [-0.15, -0.1) is 0 Å². The van der Waals surface area contributed by atoms with Gasteiger partial charge in [-0.05, 0) is 41.5 Å². The molecule has 0 aliphatic rings. The zero-order valence-corrected chi connectivity index (χ0v) is 12.7. The molecule has 0 radical (unpaired) electrons. The third-order valence-electron chi connectivity index (χ3n) is 2.12. The number of nitrogens with zero attached hydrogens (tertiary/aromatic N) is 2. The normalized spacial score (nSPS) is 11.9. The highest BCUT2D eigenvalue weighted by molar-refractivity contribution is 9.10. The summed E-state index contributed by atoms with van der Waals surface area (Å²) < 4.78 is 37.3. The van der Waals surface area contributed by atoms with Crippen LogP contribution in [0, 0.1) is 0 Å². The fourth-order valence-corrected chi connectivity index (χ4v) is 2.15. The van der Waals surface area contributed by atoms with Crippen LogP contribution >= 0.6 is 27.7 Å². The van der Waals surface area contributed by atoms with Crippen molar-refractivity contribution in [3.63, 3.8) is 0 Å². The van der Waals surface area contributed by atoms with Crippen LogP contribution in [-0.4, -0.2) is 27.6 Å². The van der Waals surface area contributed by atoms with Crippen molar-refractivity contribution in [1.82, 2.24) is 9.78 Å². The average molecular weight is 360 g/mol. The summed E-state index contributed by atoms with van der Waals surface area (Å²) in [6.45, 7) is 3.72. The first kappa shape index (κ1) is 16.4. The van der Waals surface area contributed by atoms with Crippen molar-refractivity contribution in [3.8, 4) is 0 Å². The van der Waals surface area contributed by atoms with Crippen molar-refractivity contribution >= 4 is 33.4 Å². The minimum absolute atomic E-state index is 0.0846. The average Bonchev–Trinajstić information content (AvgIpc) is 2.28. The van der Waals surface area contributed by atoms with Gasteiger partial charge in [-0.3, -0.25) is 4.79 Å². The van der Waals surface area contributed by atoms with E-state index in [2.05, 4.69) is 26.3 Å². The molecule has 0 unspecified atom stereocenters. The zero-order chi connectivity index (χ0) is 14.6. The van der Waals surface area contributed by atoms with E-state index in [9.17, 15) is 18.0 Å². The highest BCUT2D eigenvalue weighted by Gasteiger charge is 2.27. The maximum absolute atomic E-state index is 11.9. The maximum Gasteiger partial charge on any atom is 0.441 e. The lowest BCUT2D eigenvalue weighted by molar-refractivity contribution is -0.0327. The summed E-state index contributed by atoms with van der Waals surface area (Å²) in [5, 5.41) is 6.70. The first-order valence-electron chi connectivity index (χ1n) is 5.44. The molecule has 19 heavy (non-hydrogen) atoms. The number of aromatic nitrogens is 2. The quantitative estimate of drug-likeness (QED) is 0.819. The van der Waals surface area contributed by atoms with Gasteiger partial charge in [-0.25, -0.2) is 4.68 Å². The minimum atomic E-state index is -4.24. The molecule has 1 aromatic rings. The Labute approximate surface area is 120 Å². The fourth-order valence-electron chi connectivity index (χ4n) is 1.29. The number of hydrogen-bond acceptors (Lipinski definition) is 4. The Hall–Kier alpha value is -0.700. The first-order valence-corrected chi connectivity index (χ1v) is 7.22. The second kappa shape index (κ2) is 6.65. The number of thioether (sulfide) groups is 1. The lowest BCUT2D eigenvalue weighted by Gasteiger charge is -2.12. The molecule has 0 bridgehead atoms. The Kier molecular flexibility index (Phi) is 5.72. The van der Waals surface area contributed by atoms with E-state index in [4.69, 9.17) is 0 Å². The SMILES string of the molecule is CC(C)n1ncc(NCCSC(F)(F)F)c(Br)c1=O. The Morgan fingerprint density at radius 3 is 2.68 bits per heavy atom. The molecule has 1 rings (SSSR count). The second-order valence-electron chi connectivity index (χ2n) is 3.94. The van der Waals surface area contributed by atoms with E-state index in [-0.39, 0.29) is 40.1 Å². The van der Waals surface area contributed by atoms with Gasteiger partial charge >= 0.3 is 5.51 Å². The number of nitrogens with one attached hydrogen (secondary N) is 1. The minimum Gasteiger partial charge on any atom is -0.382 e. The van der Waals surface area contributed by atoms with Crippen LogP contribution in [0.4, 0.5) is 18.9 Å². The molecular weight excluding hydrogens is 347 g/mol. The van der Waals surface area contributed by atoms with Gasteiger partial charge in [0.1, 0.15) is 4.47 Å². The predicted molar refractivity (Wildman–Crippen MR) is 73.6 cm³/mol. The van der Waals surface area contributed by atoms with Gasteiger partial charge in [0, 0.05) is 12.3 Å². The van der Waals surface area contributed by atoms with Gasteiger partial charge < -0.3 is 5.32 Å². The lowest BCUT2D eigenvalue weighted by Crippen LogP contribution is -2.26. The van der Waals surface area contributed by atoms with E-state index in [1.807, 2.05) is 13.8 Å². The van der Waals surface area contributed by atoms with Crippen molar-refractivity contribution < 1.29 is 13.2 Å². The summed E-state index contributed by atoms with van der Waals surface area (Å²) in [7, 11) is 0. The topological polar surface area (TPSA) is 46.9 Å². The molecule has 0 fully saturated rings. The van der Waals surface area contributed by atoms with Gasteiger partial charge in [0.15, 0.2) is 0 Å². The molecule has 0 atom stereocenters. The van der Waals surface area contributed by atoms with Gasteiger partial charge in [0.25, 0.3) is 5.56 Å². The standard InChI is InChI=1S/C10H13BrF3N3OS/c1-6(2)17-9(18)8(11)7(5-16-17)15-3-4-19-10(12,13)14/h5-6,15H,3-4H2,1-2H3. The van der Waals surface area contributed by atoms with Crippen LogP contribution in [-0.2, 0) is 0 Å². The van der Waals surface area contributed by atoms with Crippen molar-refractivity contribution in [2.75, 3.05) is 17.6 Å². The number of alkyl halides is 3. The fraction of sp³-hybridized carbons (Fsp3) is 0.600. The molecule has 0 aliphatic heterocycles. The molecule has 108 valence electrons. The monoisotopic (exact) mass is 359 g/mol. The molecule has 0 spiro atoms. The van der Waals surface area contributed by atoms with E-state index in [0.29, 0.717) is 5.69 Å². The van der Waals surface area contributed by atoms with Crippen LogP contribution in [0.15, 0.2) is 15.5 Å². The number of rotatable bonds is 5. The van der Waals surface area contributed by atoms with Gasteiger partial charge in [-0.1, -0.05) is 0 Å². The van der Waals surface area contributed by atoms with Crippen molar-refractivity contribution in [2.24, 2.45) is 0 Å². The molecule has 0 saturated carbocycles. The molecule has 4 nitrogen and oxygen atoms in total. The molecule has 1 aromatic heterocycles. The predicted octanol–water partition coefficient (Wildman–Crippen LogP) is 3.25. The molecule has 1 heterocycles. The van der Waals surface area contributed by atoms with Crippen molar-refractivity contribution in [1.29, 1.82) is 0 Å². The Morgan fingerprint density at radius 1 is 1.53 bits per heavy atom. The summed E-state index contributed by atoms with van der Waals surface area (Å²) in [5.41, 5.74) is -4.16. The summed E-state index contributed by atoms with van der Waals surface area (Å²) in [6.07, 6.45) is 1.42. The highest BCUT2D eigenvalue weighted by Crippen LogP contribution is 2.29. The zero-order valence-electron chi connectivity index (χ0n) is 10.3. The summed E-state index contributed by atoms with van der Waals surface area (Å²) in [6, 6.07) is -0.0846. The van der Waals surface area contributed by atoms with Crippen LogP contribution in [0.3, 0.4) is 0 Å². The van der Waals surface area contributed by atoms with Crippen molar-refractivity contribution in [2.45, 2.75) is 25.4 Å². The van der Waals surface area contributed by atoms with Crippen LogP contribution in [0.2, 0.25) is 0 Å². The van der Waals surface area contributed by atoms with Crippen molar-refractivity contribution in [3.05, 3.63) is 21.0 Å². The Morgan fingerprint density at radius 2 is 2.16 bits per heavy atom. The Bertz CT molecular complexity index is 490. The van der Waals surface area contributed by atoms with E-state index in [0.717, 1.165) is 0 Å². The molecule has 9 heteroatoms. The van der Waals surface area contributed by atoms with E-state index in [1.165, 1.54) is 10.9 Å². The number of anilines is 1. The third kappa shape index (κ3) is 5.06. The van der Waals surface area contributed by atoms with E-state index < -0.39 is 5.51 Å². The second-order valence-corrected chi connectivity index (χ2v) is 5.89. The summed E-state index contributed by atoms with van der Waals surface area (Å²) in [4.78, 5) is 11.9. The van der Waals surface area contributed by atoms with Crippen LogP contribution in [0.5, 0.6) is 0 Å². The first-order chi connectivity index (χ1) is 8.72. The van der Waals surface area contributed by atoms with Crippen LogP contribution in [0.1, 0.15) is 19.9 Å². The Balaban J connectivity index is 2.66. The summed E-state index contributed by atoms with van der Waals surface area (Å²) in [5.74, 6) is -0.136. The molecule has 1 N–H and O–H groups in total. The third-order valence-corrected chi connectivity index (χ3v) is 3.62. The van der Waals surface area contributed by atoms with E-state index in [1.54, 1.807) is 0 Å². The molecular formula is C10H13BrF3N3OS. The lowest BCUT2D eigenvalue weighted by atomic mass is 10.4. The molecule has 0 aliphatic carbocycles. The number of halogens is 4. The highest BCUT2D eigenvalue weighted by atomic mass is 79.9. The summed E-state index contributed by atoms with van der Waals surface area (Å²) >= 11 is 3.02. The molecule has 0 saturated heterocycles. The van der Waals surface area contributed by atoms with Gasteiger partial charge in [0.2, 0.25) is 0 Å². The largest absolute Gasteiger partial charge is 0.441 e. The smallest absolute Gasteiger partial charge is 0.382 e. The molecule has 0 aromatic carbocycles. The van der Waals surface area contributed by atoms with Gasteiger partial charge in [-0.2, -0.15) is 18.3 Å². The maximum atomic E-state index is 11.9. The van der Waals surface area contributed by atoms with Gasteiger partial charge in [0.05, 0.1) is 17.9 Å². The van der Waals surface area contributed by atoms with Crippen LogP contribution < -0.4 is 10.9 Å². The number of hydrogen-bond donors (Lipinski definition) is 1.